The molecule has 2 N–H and O–H groups in total. The van der Waals surface area contributed by atoms with Crippen LogP contribution >= 0.6 is 0 Å². The van der Waals surface area contributed by atoms with Gasteiger partial charge < -0.3 is 20.1 Å². The summed E-state index contributed by atoms with van der Waals surface area (Å²) in [5.41, 5.74) is 9.63. The van der Waals surface area contributed by atoms with Crippen molar-refractivity contribution in [1.29, 1.82) is 5.26 Å². The van der Waals surface area contributed by atoms with Crippen molar-refractivity contribution in [3.05, 3.63) is 65.9 Å². The molecule has 0 radical (unpaired) electrons. The largest absolute Gasteiger partial charge is 0.482 e. The van der Waals surface area contributed by atoms with Crippen molar-refractivity contribution >= 4 is 22.9 Å². The van der Waals surface area contributed by atoms with E-state index in [2.05, 4.69) is 16.2 Å². The number of hydrogen-bond acceptors (Lipinski definition) is 8. The summed E-state index contributed by atoms with van der Waals surface area (Å²) in [6, 6.07) is 9.76. The van der Waals surface area contributed by atoms with Crippen molar-refractivity contribution in [2.45, 2.75) is 71.6 Å². The number of carbonyl (C=O) groups excluding carboxylic acids is 1. The molecule has 2 atom stereocenters. The van der Waals surface area contributed by atoms with Crippen molar-refractivity contribution in [2.24, 2.45) is 10.7 Å². The maximum atomic E-state index is 12.6. The van der Waals surface area contributed by atoms with Gasteiger partial charge in [-0.1, -0.05) is 6.07 Å². The number of ether oxygens (including phenoxy) is 2. The third-order valence-electron chi connectivity index (χ3n) is 6.70. The van der Waals surface area contributed by atoms with E-state index >= 15 is 0 Å². The van der Waals surface area contributed by atoms with Gasteiger partial charge in [-0.05, 0) is 72.1 Å². The number of nitriles is 1. The summed E-state index contributed by atoms with van der Waals surface area (Å²) in [6.45, 7) is 10.7. The van der Waals surface area contributed by atoms with E-state index in [1.807, 2.05) is 65.1 Å². The Morgan fingerprint density at radius 3 is 2.77 bits per heavy atom. The second kappa shape index (κ2) is 12.2. The number of fused-ring (bicyclic) bond motifs is 1. The normalized spacial score (nSPS) is 17.7. The number of hydrogen-bond donors (Lipinski definition) is 1. The Hall–Kier alpha value is -4.39. The number of likely N-dealkylation sites (tertiary alicyclic amines) is 1. The zero-order valence-electron chi connectivity index (χ0n) is 23.8. The zero-order valence-corrected chi connectivity index (χ0v) is 23.8. The fraction of sp³-hybridized carbons (Fsp3) is 0.433. The number of aliphatic imine (C=N–C) groups is 1. The van der Waals surface area contributed by atoms with Gasteiger partial charge in [-0.15, -0.1) is 0 Å². The van der Waals surface area contributed by atoms with Crippen LogP contribution in [0.3, 0.4) is 0 Å². The van der Waals surface area contributed by atoms with E-state index in [9.17, 15) is 10.1 Å². The van der Waals surface area contributed by atoms with Crippen molar-refractivity contribution in [2.75, 3.05) is 13.1 Å². The molecule has 0 bridgehead atoms. The fourth-order valence-electron chi connectivity index (χ4n) is 4.76. The minimum absolute atomic E-state index is 0.0425. The zero-order chi connectivity index (χ0) is 28.9. The predicted molar refractivity (Wildman–Crippen MR) is 154 cm³/mol. The first-order valence-electron chi connectivity index (χ1n) is 13.5. The molecule has 40 heavy (non-hydrogen) atoms. The first-order valence-corrected chi connectivity index (χ1v) is 13.5. The summed E-state index contributed by atoms with van der Waals surface area (Å²) in [6.07, 6.45) is 8.37. The van der Waals surface area contributed by atoms with Crippen molar-refractivity contribution < 1.29 is 14.3 Å². The minimum atomic E-state index is -0.528. The Labute approximate surface area is 235 Å². The van der Waals surface area contributed by atoms with E-state index in [0.717, 1.165) is 41.8 Å². The number of allylic oxidation sites excluding steroid dienone is 1. The van der Waals surface area contributed by atoms with Crippen LogP contribution in [0.25, 0.3) is 11.1 Å². The summed E-state index contributed by atoms with van der Waals surface area (Å²) in [7, 11) is 0. The molecule has 0 aromatic carbocycles. The Balaban J connectivity index is 1.59. The van der Waals surface area contributed by atoms with Gasteiger partial charge in [-0.2, -0.15) is 10.4 Å². The quantitative estimate of drug-likeness (QED) is 0.418. The minimum Gasteiger partial charge on any atom is -0.482 e. The Kier molecular flexibility index (Phi) is 8.73. The Morgan fingerprint density at radius 1 is 1.30 bits per heavy atom. The molecule has 1 fully saturated rings. The SMILES string of the molecule is CC(=NC1CCCN(C(=O)OC(C)(C)C)CC1)/C(=C\N)c1cc(OC(C)c2ccccn2)c2c(C#N)cnn2c1. The molecule has 0 saturated carbocycles. The highest BCUT2D eigenvalue weighted by Crippen LogP contribution is 2.32. The highest BCUT2D eigenvalue weighted by atomic mass is 16.6. The first kappa shape index (κ1) is 28.6. The molecule has 10 heteroatoms. The topological polar surface area (TPSA) is 131 Å². The maximum absolute atomic E-state index is 12.6. The van der Waals surface area contributed by atoms with Crippen LogP contribution in [0.2, 0.25) is 0 Å². The van der Waals surface area contributed by atoms with E-state index < -0.39 is 5.60 Å². The Bertz CT molecular complexity index is 1450. The van der Waals surface area contributed by atoms with Gasteiger partial charge in [0, 0.05) is 48.5 Å². The van der Waals surface area contributed by atoms with Crippen LogP contribution in [0.15, 0.2) is 54.0 Å². The predicted octanol–water partition coefficient (Wildman–Crippen LogP) is 5.29. The van der Waals surface area contributed by atoms with Gasteiger partial charge in [0.25, 0.3) is 0 Å². The first-order chi connectivity index (χ1) is 19.1. The number of amides is 1. The number of nitrogens with zero attached hydrogens (tertiary/aromatic N) is 6. The van der Waals surface area contributed by atoms with Gasteiger partial charge in [-0.3, -0.25) is 9.98 Å². The third-order valence-corrected chi connectivity index (χ3v) is 6.70. The molecule has 210 valence electrons. The van der Waals surface area contributed by atoms with E-state index in [1.165, 1.54) is 12.4 Å². The van der Waals surface area contributed by atoms with E-state index in [4.69, 9.17) is 20.2 Å². The lowest BCUT2D eigenvalue weighted by Crippen LogP contribution is -2.37. The molecule has 2 unspecified atom stereocenters. The fourth-order valence-corrected chi connectivity index (χ4v) is 4.76. The molecular weight excluding hydrogens is 506 g/mol. The molecule has 3 aromatic rings. The van der Waals surface area contributed by atoms with Crippen LogP contribution in [0.5, 0.6) is 5.75 Å². The van der Waals surface area contributed by atoms with Crippen LogP contribution in [0, 0.1) is 11.3 Å². The second-order valence-corrected chi connectivity index (χ2v) is 10.9. The summed E-state index contributed by atoms with van der Waals surface area (Å²) < 4.78 is 13.5. The van der Waals surface area contributed by atoms with Crippen molar-refractivity contribution in [1.82, 2.24) is 19.5 Å². The van der Waals surface area contributed by atoms with Gasteiger partial charge in [0.15, 0.2) is 0 Å². The summed E-state index contributed by atoms with van der Waals surface area (Å²) in [5, 5.41) is 14.1. The number of pyridine rings is 2. The highest BCUT2D eigenvalue weighted by molar-refractivity contribution is 6.22. The summed E-state index contributed by atoms with van der Waals surface area (Å²) >= 11 is 0. The van der Waals surface area contributed by atoms with Crippen molar-refractivity contribution in [3.63, 3.8) is 0 Å². The highest BCUT2D eigenvalue weighted by Gasteiger charge is 2.25. The lowest BCUT2D eigenvalue weighted by atomic mass is 10.0. The lowest BCUT2D eigenvalue weighted by Gasteiger charge is -2.26. The maximum Gasteiger partial charge on any atom is 0.410 e. The monoisotopic (exact) mass is 543 g/mol. The molecule has 10 nitrogen and oxygen atoms in total. The smallest absolute Gasteiger partial charge is 0.410 e. The van der Waals surface area contributed by atoms with E-state index in [-0.39, 0.29) is 18.2 Å². The number of aromatic nitrogens is 3. The second-order valence-electron chi connectivity index (χ2n) is 10.9. The molecule has 1 aliphatic rings. The lowest BCUT2D eigenvalue weighted by molar-refractivity contribution is 0.0256. The molecule has 4 rings (SSSR count). The van der Waals surface area contributed by atoms with Crippen LogP contribution in [-0.2, 0) is 4.74 Å². The van der Waals surface area contributed by atoms with Gasteiger partial charge in [0.2, 0.25) is 0 Å². The summed E-state index contributed by atoms with van der Waals surface area (Å²) in [5.74, 6) is 0.499. The average molecular weight is 544 g/mol. The molecular formula is C30H37N7O3. The van der Waals surface area contributed by atoms with Crippen LogP contribution < -0.4 is 10.5 Å². The average Bonchev–Trinajstić information content (AvgIpc) is 3.19. The molecule has 0 spiro atoms. The number of rotatable bonds is 6. The molecule has 4 heterocycles. The number of nitrogens with two attached hydrogens (primary N) is 1. The molecule has 1 aliphatic heterocycles. The summed E-state index contributed by atoms with van der Waals surface area (Å²) in [4.78, 5) is 23.7. The molecule has 3 aromatic heterocycles. The van der Waals surface area contributed by atoms with E-state index in [0.29, 0.717) is 29.9 Å². The third kappa shape index (κ3) is 6.78. The van der Waals surface area contributed by atoms with Gasteiger partial charge in [0.1, 0.15) is 34.6 Å². The van der Waals surface area contributed by atoms with Crippen molar-refractivity contribution in [3.8, 4) is 11.8 Å². The van der Waals surface area contributed by atoms with Crippen LogP contribution in [0.1, 0.15) is 76.8 Å². The van der Waals surface area contributed by atoms with Gasteiger partial charge in [-0.25, -0.2) is 9.31 Å². The molecule has 1 amide bonds. The molecule has 1 saturated heterocycles. The van der Waals surface area contributed by atoms with Gasteiger partial charge >= 0.3 is 6.09 Å². The molecule has 0 aliphatic carbocycles. The standard InChI is InChI=1S/C30H37N7O3/c1-20(35-24-9-8-13-36(14-11-24)29(38)40-30(3,4)5)25(17-32)22-15-27(28-23(16-31)18-34-37(28)19-22)39-21(2)26-10-6-7-12-33-26/h6-7,10,12,15,17-19,21,24H,8-9,11,13-14,32H2,1-5H3/b25-17+,35-20?. The number of carbonyl (C=O) groups is 1. The van der Waals surface area contributed by atoms with Crippen LogP contribution in [-0.4, -0.2) is 56.0 Å². The van der Waals surface area contributed by atoms with Crippen LogP contribution in [0.4, 0.5) is 4.79 Å². The van der Waals surface area contributed by atoms with E-state index in [1.54, 1.807) is 15.6 Å². The Morgan fingerprint density at radius 2 is 2.10 bits per heavy atom. The van der Waals surface area contributed by atoms with Gasteiger partial charge in [0.05, 0.1) is 17.9 Å².